The highest BCUT2D eigenvalue weighted by atomic mass is 32.2. The molecular weight excluding hydrogens is 242 g/mol. The molecule has 1 aromatic carbocycles. The van der Waals surface area contributed by atoms with Crippen LogP contribution in [0.1, 0.15) is 12.0 Å². The highest BCUT2D eigenvalue weighted by Gasteiger charge is 2.14. The van der Waals surface area contributed by atoms with Crippen LogP contribution in [0.3, 0.4) is 0 Å². The lowest BCUT2D eigenvalue weighted by Gasteiger charge is -2.08. The van der Waals surface area contributed by atoms with Crippen molar-refractivity contribution in [3.63, 3.8) is 0 Å². The Balaban J connectivity index is 2.91. The van der Waals surface area contributed by atoms with Crippen molar-refractivity contribution in [2.24, 2.45) is 0 Å². The number of sulfonamides is 1. The van der Waals surface area contributed by atoms with Crippen molar-refractivity contribution in [2.75, 3.05) is 13.7 Å². The summed E-state index contributed by atoms with van der Waals surface area (Å²) in [5.74, 6) is 0.636. The average Bonchev–Trinajstić information content (AvgIpc) is 2.29. The number of rotatable bonds is 6. The number of hydrogen-bond acceptors (Lipinski definition) is 4. The van der Waals surface area contributed by atoms with Crippen LogP contribution in [0.5, 0.6) is 5.75 Å². The molecule has 0 radical (unpaired) electrons. The Morgan fingerprint density at radius 3 is 2.65 bits per heavy atom. The molecule has 0 fully saturated rings. The Hall–Kier alpha value is -1.40. The number of carbonyl (C=O) groups excluding carboxylic acids is 1. The van der Waals surface area contributed by atoms with Gasteiger partial charge in [0, 0.05) is 13.0 Å². The van der Waals surface area contributed by atoms with Gasteiger partial charge in [0.1, 0.15) is 12.0 Å². The smallest absolute Gasteiger partial charge is 0.240 e. The van der Waals surface area contributed by atoms with Crippen LogP contribution < -0.4 is 9.46 Å². The van der Waals surface area contributed by atoms with Gasteiger partial charge in [0.05, 0.1) is 12.0 Å². The summed E-state index contributed by atoms with van der Waals surface area (Å²) in [6.07, 6.45) is 0.830. The lowest BCUT2D eigenvalue weighted by atomic mass is 10.2. The Morgan fingerprint density at radius 1 is 1.41 bits per heavy atom. The van der Waals surface area contributed by atoms with Crippen molar-refractivity contribution < 1.29 is 17.9 Å². The number of carbonyl (C=O) groups is 1. The molecule has 17 heavy (non-hydrogen) atoms. The Labute approximate surface area is 101 Å². The van der Waals surface area contributed by atoms with Gasteiger partial charge < -0.3 is 9.53 Å². The van der Waals surface area contributed by atoms with Gasteiger partial charge >= 0.3 is 0 Å². The summed E-state index contributed by atoms with van der Waals surface area (Å²) in [6.45, 7) is 1.88. The molecule has 0 heterocycles. The van der Waals surface area contributed by atoms with Crippen molar-refractivity contribution in [3.05, 3.63) is 23.8 Å². The molecule has 0 atom stereocenters. The summed E-state index contributed by atoms with van der Waals surface area (Å²) in [4.78, 5) is 10.3. The lowest BCUT2D eigenvalue weighted by Crippen LogP contribution is -2.25. The predicted octanol–water partition coefficient (Wildman–Crippen LogP) is 0.871. The fourth-order valence-corrected chi connectivity index (χ4v) is 2.49. The Morgan fingerprint density at radius 2 is 2.12 bits per heavy atom. The highest BCUT2D eigenvalue weighted by Crippen LogP contribution is 2.20. The first-order valence-corrected chi connectivity index (χ1v) is 6.57. The van der Waals surface area contributed by atoms with Gasteiger partial charge in [0.15, 0.2) is 0 Å². The fraction of sp³-hybridized carbons (Fsp3) is 0.364. The molecule has 0 aliphatic carbocycles. The van der Waals surface area contributed by atoms with Gasteiger partial charge in [-0.2, -0.15) is 0 Å². The molecule has 1 rings (SSSR count). The summed E-state index contributed by atoms with van der Waals surface area (Å²) in [5.41, 5.74) is 0.741. The van der Waals surface area contributed by atoms with Gasteiger partial charge in [-0.15, -0.1) is 0 Å². The zero-order chi connectivity index (χ0) is 12.9. The van der Waals surface area contributed by atoms with Crippen LogP contribution in [0.15, 0.2) is 23.1 Å². The second-order valence-electron chi connectivity index (χ2n) is 3.48. The SMILES string of the molecule is COc1ccc(S(=O)(=O)NCCC=O)cc1C. The van der Waals surface area contributed by atoms with Crippen molar-refractivity contribution >= 4 is 16.3 Å². The van der Waals surface area contributed by atoms with E-state index in [0.29, 0.717) is 12.0 Å². The molecular formula is C11H15NO4S. The molecule has 0 saturated carbocycles. The quantitative estimate of drug-likeness (QED) is 0.606. The van der Waals surface area contributed by atoms with Gasteiger partial charge in [-0.05, 0) is 30.7 Å². The predicted molar refractivity (Wildman–Crippen MR) is 63.6 cm³/mol. The topological polar surface area (TPSA) is 72.5 Å². The maximum atomic E-state index is 11.8. The van der Waals surface area contributed by atoms with Crippen molar-refractivity contribution in [1.82, 2.24) is 4.72 Å². The Bertz CT molecular complexity index is 496. The minimum Gasteiger partial charge on any atom is -0.496 e. The molecule has 0 bridgehead atoms. The number of methoxy groups -OCH3 is 1. The number of aldehydes is 1. The molecule has 0 unspecified atom stereocenters. The maximum absolute atomic E-state index is 11.8. The summed E-state index contributed by atoms with van der Waals surface area (Å²) in [6, 6.07) is 4.60. The number of hydrogen-bond donors (Lipinski definition) is 1. The number of ether oxygens (including phenoxy) is 1. The molecule has 5 nitrogen and oxygen atoms in total. The molecule has 0 saturated heterocycles. The molecule has 0 aliphatic rings. The van der Waals surface area contributed by atoms with Crippen LogP contribution in [-0.4, -0.2) is 28.4 Å². The maximum Gasteiger partial charge on any atom is 0.240 e. The molecule has 1 aromatic rings. The summed E-state index contributed by atoms with van der Waals surface area (Å²) in [7, 11) is -2.02. The van der Waals surface area contributed by atoms with Crippen molar-refractivity contribution in [3.8, 4) is 5.75 Å². The van der Waals surface area contributed by atoms with E-state index in [1.54, 1.807) is 13.0 Å². The van der Waals surface area contributed by atoms with Crippen LogP contribution in [0.4, 0.5) is 0 Å². The first-order chi connectivity index (χ1) is 8.01. The largest absolute Gasteiger partial charge is 0.496 e. The monoisotopic (exact) mass is 257 g/mol. The van der Waals surface area contributed by atoms with Gasteiger partial charge in [-0.25, -0.2) is 13.1 Å². The van der Waals surface area contributed by atoms with E-state index in [0.717, 1.165) is 5.56 Å². The van der Waals surface area contributed by atoms with Crippen LogP contribution in [0, 0.1) is 6.92 Å². The number of benzene rings is 1. The van der Waals surface area contributed by atoms with Gasteiger partial charge in [-0.1, -0.05) is 0 Å². The van der Waals surface area contributed by atoms with Crippen molar-refractivity contribution in [1.29, 1.82) is 0 Å². The molecule has 0 spiro atoms. The third-order valence-electron chi connectivity index (χ3n) is 2.23. The van der Waals surface area contributed by atoms with E-state index < -0.39 is 10.0 Å². The minimum atomic E-state index is -3.54. The van der Waals surface area contributed by atoms with Gasteiger partial charge in [0.25, 0.3) is 0 Å². The van der Waals surface area contributed by atoms with E-state index in [2.05, 4.69) is 4.72 Å². The lowest BCUT2D eigenvalue weighted by molar-refractivity contribution is -0.107. The third-order valence-corrected chi connectivity index (χ3v) is 3.69. The van der Waals surface area contributed by atoms with Crippen molar-refractivity contribution in [2.45, 2.75) is 18.2 Å². The first-order valence-electron chi connectivity index (χ1n) is 5.09. The standard InChI is InChI=1S/C11H15NO4S/c1-9-8-10(4-5-11(9)16-2)17(14,15)12-6-3-7-13/h4-5,7-8,12H,3,6H2,1-2H3. The van der Waals surface area contributed by atoms with Crippen LogP contribution in [0.25, 0.3) is 0 Å². The van der Waals surface area contributed by atoms with E-state index in [1.807, 2.05) is 0 Å². The van der Waals surface area contributed by atoms with Crippen LogP contribution >= 0.6 is 0 Å². The van der Waals surface area contributed by atoms with E-state index in [-0.39, 0.29) is 17.9 Å². The zero-order valence-corrected chi connectivity index (χ0v) is 10.6. The Kier molecular flexibility index (Phi) is 4.65. The summed E-state index contributed by atoms with van der Waals surface area (Å²) >= 11 is 0. The van der Waals surface area contributed by atoms with E-state index in [9.17, 15) is 13.2 Å². The first kappa shape index (κ1) is 13.7. The molecule has 0 aliphatic heterocycles. The fourth-order valence-electron chi connectivity index (χ4n) is 1.35. The average molecular weight is 257 g/mol. The minimum absolute atomic E-state index is 0.108. The molecule has 1 N–H and O–H groups in total. The van der Waals surface area contributed by atoms with Crippen LogP contribution in [-0.2, 0) is 14.8 Å². The summed E-state index contributed by atoms with van der Waals surface area (Å²) in [5, 5.41) is 0. The van der Waals surface area contributed by atoms with E-state index in [1.165, 1.54) is 19.2 Å². The summed E-state index contributed by atoms with van der Waals surface area (Å²) < 4.78 is 31.0. The molecule has 0 aromatic heterocycles. The second kappa shape index (κ2) is 5.79. The molecule has 0 amide bonds. The molecule has 94 valence electrons. The number of aryl methyl sites for hydroxylation is 1. The highest BCUT2D eigenvalue weighted by molar-refractivity contribution is 7.89. The van der Waals surface area contributed by atoms with Gasteiger partial charge in [0.2, 0.25) is 10.0 Å². The molecule has 6 heteroatoms. The van der Waals surface area contributed by atoms with E-state index >= 15 is 0 Å². The van der Waals surface area contributed by atoms with Gasteiger partial charge in [-0.3, -0.25) is 0 Å². The zero-order valence-electron chi connectivity index (χ0n) is 9.76. The number of nitrogens with one attached hydrogen (secondary N) is 1. The normalized spacial score (nSPS) is 11.2. The van der Waals surface area contributed by atoms with Crippen LogP contribution in [0.2, 0.25) is 0 Å². The second-order valence-corrected chi connectivity index (χ2v) is 5.25. The van der Waals surface area contributed by atoms with E-state index in [4.69, 9.17) is 4.74 Å². The third kappa shape index (κ3) is 3.54.